The molecule has 33 heavy (non-hydrogen) atoms. The number of Topliss-reactive ketones (excluding diaryl/α,β-unsaturated/α-hetero) is 1. The molecule has 1 aromatic heterocycles. The van der Waals surface area contributed by atoms with Crippen molar-refractivity contribution in [2.24, 2.45) is 5.11 Å². The highest BCUT2D eigenvalue weighted by Gasteiger charge is 2.47. The highest BCUT2D eigenvalue weighted by atomic mass is 32.2. The zero-order chi connectivity index (χ0) is 23.6. The van der Waals surface area contributed by atoms with Gasteiger partial charge in [-0.3, -0.25) is 14.6 Å². The van der Waals surface area contributed by atoms with E-state index in [-0.39, 0.29) is 36.3 Å². The molecule has 178 valence electrons. The lowest BCUT2D eigenvalue weighted by molar-refractivity contribution is -0.119. The molecule has 0 aromatic carbocycles. The Morgan fingerprint density at radius 3 is 2.88 bits per heavy atom. The fourth-order valence-electron chi connectivity index (χ4n) is 4.35. The number of fused-ring (bicyclic) bond motifs is 1. The van der Waals surface area contributed by atoms with Gasteiger partial charge in [0, 0.05) is 53.7 Å². The van der Waals surface area contributed by atoms with E-state index in [4.69, 9.17) is 5.53 Å². The molecule has 0 spiro atoms. The van der Waals surface area contributed by atoms with Gasteiger partial charge in [-0.15, -0.1) is 0 Å². The van der Waals surface area contributed by atoms with Crippen LogP contribution in [0.1, 0.15) is 61.5 Å². The Kier molecular flexibility index (Phi) is 9.38. The lowest BCUT2D eigenvalue weighted by atomic mass is 10.0. The minimum absolute atomic E-state index is 0.0543. The number of urea groups is 1. The first kappa shape index (κ1) is 24.9. The van der Waals surface area contributed by atoms with E-state index in [1.54, 1.807) is 12.1 Å². The molecule has 2 saturated heterocycles. The Bertz CT molecular complexity index is 888. The van der Waals surface area contributed by atoms with Crippen LogP contribution >= 0.6 is 11.8 Å². The molecule has 0 radical (unpaired) electrons. The third-order valence-electron chi connectivity index (χ3n) is 6.05. The summed E-state index contributed by atoms with van der Waals surface area (Å²) < 4.78 is 0. The van der Waals surface area contributed by atoms with Crippen molar-refractivity contribution in [3.8, 4) is 0 Å². The predicted octanol–water partition coefficient (Wildman–Crippen LogP) is 3.43. The van der Waals surface area contributed by atoms with Gasteiger partial charge in [-0.05, 0) is 43.9 Å². The van der Waals surface area contributed by atoms with Crippen LogP contribution in [-0.4, -0.2) is 63.8 Å². The van der Waals surface area contributed by atoms with E-state index in [1.807, 2.05) is 23.6 Å². The summed E-state index contributed by atoms with van der Waals surface area (Å²) in [7, 11) is 0. The number of unbranched alkanes of at least 4 members (excludes halogenated alkanes) is 1. The SMILES string of the molecule is CCN1C(=O)NC2CSC(CCCCC(=O)CCCNC(=O)c3ccc(CN=[N+]=[N-])nc3)C21. The van der Waals surface area contributed by atoms with Gasteiger partial charge in [0.1, 0.15) is 5.78 Å². The third-order valence-corrected chi connectivity index (χ3v) is 7.54. The van der Waals surface area contributed by atoms with Crippen molar-refractivity contribution < 1.29 is 14.4 Å². The van der Waals surface area contributed by atoms with Crippen LogP contribution in [0.15, 0.2) is 23.4 Å². The molecule has 11 heteroatoms. The van der Waals surface area contributed by atoms with Gasteiger partial charge < -0.3 is 15.5 Å². The first-order valence-electron chi connectivity index (χ1n) is 11.5. The average Bonchev–Trinajstić information content (AvgIpc) is 3.35. The van der Waals surface area contributed by atoms with Crippen LogP contribution < -0.4 is 10.6 Å². The largest absolute Gasteiger partial charge is 0.352 e. The Morgan fingerprint density at radius 1 is 1.33 bits per heavy atom. The second-order valence-corrected chi connectivity index (χ2v) is 9.55. The van der Waals surface area contributed by atoms with Crippen molar-refractivity contribution >= 4 is 29.5 Å². The normalized spacial score (nSPS) is 21.3. The second kappa shape index (κ2) is 12.5. The molecule has 0 bridgehead atoms. The molecule has 1 aromatic rings. The maximum absolute atomic E-state index is 12.2. The number of amides is 3. The molecule has 3 unspecified atom stereocenters. The minimum Gasteiger partial charge on any atom is -0.352 e. The Hall–Kier alpha value is -2.78. The summed E-state index contributed by atoms with van der Waals surface area (Å²) in [5.74, 6) is 0.954. The van der Waals surface area contributed by atoms with Crippen molar-refractivity contribution in [2.75, 3.05) is 18.8 Å². The summed E-state index contributed by atoms with van der Waals surface area (Å²) in [6, 6.07) is 3.88. The first-order valence-corrected chi connectivity index (χ1v) is 12.5. The first-order chi connectivity index (χ1) is 16.0. The Balaban J connectivity index is 1.26. The van der Waals surface area contributed by atoms with Gasteiger partial charge in [0.05, 0.1) is 24.2 Å². The summed E-state index contributed by atoms with van der Waals surface area (Å²) in [4.78, 5) is 45.0. The quantitative estimate of drug-likeness (QED) is 0.148. The Labute approximate surface area is 197 Å². The fraction of sp³-hybridized carbons (Fsp3) is 0.636. The number of azide groups is 1. The lowest BCUT2D eigenvalue weighted by Gasteiger charge is -2.26. The van der Waals surface area contributed by atoms with Crippen LogP contribution in [-0.2, 0) is 11.3 Å². The van der Waals surface area contributed by atoms with Gasteiger partial charge in [0.25, 0.3) is 5.91 Å². The molecule has 3 atom stereocenters. The van der Waals surface area contributed by atoms with E-state index >= 15 is 0 Å². The summed E-state index contributed by atoms with van der Waals surface area (Å²) in [5, 5.41) is 9.75. The number of thioether (sulfide) groups is 1. The smallest absolute Gasteiger partial charge is 0.318 e. The summed E-state index contributed by atoms with van der Waals surface area (Å²) >= 11 is 1.93. The molecular formula is C22H31N7O3S. The van der Waals surface area contributed by atoms with Crippen LogP contribution in [0.3, 0.4) is 0 Å². The highest BCUT2D eigenvalue weighted by molar-refractivity contribution is 8.00. The van der Waals surface area contributed by atoms with Gasteiger partial charge in [0.15, 0.2) is 0 Å². The van der Waals surface area contributed by atoms with E-state index in [0.29, 0.717) is 42.3 Å². The zero-order valence-electron chi connectivity index (χ0n) is 18.9. The van der Waals surface area contributed by atoms with Crippen molar-refractivity contribution in [1.82, 2.24) is 20.5 Å². The number of likely N-dealkylation sites (N-methyl/N-ethyl adjacent to an activating group) is 1. The maximum Gasteiger partial charge on any atom is 0.318 e. The summed E-state index contributed by atoms with van der Waals surface area (Å²) in [6.07, 6.45) is 5.94. The number of nitrogens with zero attached hydrogens (tertiary/aromatic N) is 5. The number of aromatic nitrogens is 1. The molecule has 2 aliphatic heterocycles. The second-order valence-electron chi connectivity index (χ2n) is 8.28. The molecule has 3 amide bonds. The molecule has 10 nitrogen and oxygen atoms in total. The summed E-state index contributed by atoms with van der Waals surface area (Å²) in [6.45, 7) is 3.33. The van der Waals surface area contributed by atoms with E-state index in [0.717, 1.165) is 31.6 Å². The number of carbonyl (C=O) groups is 3. The standard InChI is InChI=1S/C22H31N7O3S/c1-2-29-20-18(27-22(29)32)14-33-19(20)8-4-3-6-17(30)7-5-11-24-21(31)15-9-10-16(25-12-15)13-26-28-23/h9-10,12,18-20H,2-8,11,13-14H2,1H3,(H,24,31)(H,27,32). The van der Waals surface area contributed by atoms with E-state index < -0.39 is 0 Å². The number of hydrogen-bond acceptors (Lipinski definition) is 6. The Morgan fingerprint density at radius 2 is 2.15 bits per heavy atom. The van der Waals surface area contributed by atoms with Gasteiger partial charge in [-0.25, -0.2) is 4.79 Å². The maximum atomic E-state index is 12.2. The molecule has 3 rings (SSSR count). The molecule has 0 aliphatic carbocycles. The number of nitrogens with one attached hydrogen (secondary N) is 2. The lowest BCUT2D eigenvalue weighted by Crippen LogP contribution is -2.40. The van der Waals surface area contributed by atoms with E-state index in [9.17, 15) is 14.4 Å². The summed E-state index contributed by atoms with van der Waals surface area (Å²) in [5.41, 5.74) is 9.34. The van der Waals surface area contributed by atoms with Crippen LogP contribution in [0.5, 0.6) is 0 Å². The van der Waals surface area contributed by atoms with Crippen LogP contribution in [0.4, 0.5) is 4.79 Å². The van der Waals surface area contributed by atoms with Gasteiger partial charge >= 0.3 is 6.03 Å². The fourth-order valence-corrected chi connectivity index (χ4v) is 5.95. The highest BCUT2D eigenvalue weighted by Crippen LogP contribution is 2.37. The van der Waals surface area contributed by atoms with Crippen LogP contribution in [0.2, 0.25) is 0 Å². The molecular weight excluding hydrogens is 442 g/mol. The van der Waals surface area contributed by atoms with Crippen molar-refractivity contribution in [3.05, 3.63) is 40.0 Å². The monoisotopic (exact) mass is 473 g/mol. The third kappa shape index (κ3) is 6.85. The van der Waals surface area contributed by atoms with Crippen LogP contribution in [0, 0.1) is 0 Å². The number of hydrogen-bond donors (Lipinski definition) is 2. The molecule has 3 heterocycles. The topological polar surface area (TPSA) is 140 Å². The predicted molar refractivity (Wildman–Crippen MR) is 127 cm³/mol. The number of pyridine rings is 1. The number of ketones is 1. The minimum atomic E-state index is -0.237. The molecule has 0 saturated carbocycles. The number of carbonyl (C=O) groups excluding carboxylic acids is 3. The molecule has 2 N–H and O–H groups in total. The number of rotatable bonds is 13. The van der Waals surface area contributed by atoms with Crippen molar-refractivity contribution in [3.63, 3.8) is 0 Å². The van der Waals surface area contributed by atoms with Gasteiger partial charge in [0.2, 0.25) is 0 Å². The molecule has 2 fully saturated rings. The van der Waals surface area contributed by atoms with Crippen LogP contribution in [0.25, 0.3) is 10.4 Å². The van der Waals surface area contributed by atoms with Gasteiger partial charge in [-0.1, -0.05) is 11.5 Å². The zero-order valence-corrected chi connectivity index (χ0v) is 19.7. The van der Waals surface area contributed by atoms with E-state index in [1.165, 1.54) is 6.20 Å². The van der Waals surface area contributed by atoms with E-state index in [2.05, 4.69) is 25.6 Å². The van der Waals surface area contributed by atoms with Gasteiger partial charge in [-0.2, -0.15) is 11.8 Å². The van der Waals surface area contributed by atoms with Crippen molar-refractivity contribution in [1.29, 1.82) is 0 Å². The van der Waals surface area contributed by atoms with Crippen molar-refractivity contribution in [2.45, 2.75) is 69.3 Å². The molecule has 2 aliphatic rings. The average molecular weight is 474 g/mol.